The van der Waals surface area contributed by atoms with Gasteiger partial charge in [0.1, 0.15) is 12.1 Å². The van der Waals surface area contributed by atoms with Crippen molar-refractivity contribution in [1.29, 1.82) is 0 Å². The van der Waals surface area contributed by atoms with Crippen molar-refractivity contribution in [3.05, 3.63) is 35.9 Å². The fourth-order valence-electron chi connectivity index (χ4n) is 2.00. The summed E-state index contributed by atoms with van der Waals surface area (Å²) >= 11 is 0. The lowest BCUT2D eigenvalue weighted by Gasteiger charge is -2.28. The Morgan fingerprint density at radius 3 is 2.18 bits per heavy atom. The Morgan fingerprint density at radius 2 is 1.64 bits per heavy atom. The smallest absolute Gasteiger partial charge is 0.326 e. The second-order valence-corrected chi connectivity index (χ2v) is 6.85. The van der Waals surface area contributed by atoms with Gasteiger partial charge >= 0.3 is 5.97 Å². The number of nitrogens with one attached hydrogen (secondary N) is 2. The predicted octanol–water partition coefficient (Wildman–Crippen LogP) is 2.88. The maximum absolute atomic E-state index is 12.4. The van der Waals surface area contributed by atoms with Crippen molar-refractivity contribution in [1.82, 2.24) is 10.6 Å². The van der Waals surface area contributed by atoms with Gasteiger partial charge in [-0.15, -0.1) is 0 Å². The van der Waals surface area contributed by atoms with Gasteiger partial charge < -0.3 is 15.4 Å². The minimum atomic E-state index is -0.644. The largest absolute Gasteiger partial charge is 0.459 e. The van der Waals surface area contributed by atoms with Crippen molar-refractivity contribution in [2.75, 3.05) is 13.1 Å². The third-order valence-electron chi connectivity index (χ3n) is 3.67. The first-order valence-electron chi connectivity index (χ1n) is 7.98. The van der Waals surface area contributed by atoms with E-state index >= 15 is 0 Å². The molecule has 0 bridgehead atoms. The molecule has 0 aliphatic heterocycles. The van der Waals surface area contributed by atoms with Crippen molar-refractivity contribution in [2.24, 2.45) is 0 Å². The Balaban J connectivity index is 2.44. The van der Waals surface area contributed by atoms with Crippen molar-refractivity contribution >= 4 is 5.97 Å². The van der Waals surface area contributed by atoms with Gasteiger partial charge in [-0.25, -0.2) is 0 Å². The highest BCUT2D eigenvalue weighted by molar-refractivity contribution is 5.80. The van der Waals surface area contributed by atoms with Gasteiger partial charge in [0, 0.05) is 18.6 Å². The molecule has 0 spiro atoms. The van der Waals surface area contributed by atoms with E-state index in [4.69, 9.17) is 4.74 Å². The van der Waals surface area contributed by atoms with E-state index < -0.39 is 5.54 Å². The zero-order valence-corrected chi connectivity index (χ0v) is 14.5. The zero-order valence-electron chi connectivity index (χ0n) is 14.5. The summed E-state index contributed by atoms with van der Waals surface area (Å²) in [7, 11) is 0. The van der Waals surface area contributed by atoms with E-state index in [0.717, 1.165) is 18.7 Å². The summed E-state index contributed by atoms with van der Waals surface area (Å²) in [5.41, 5.74) is 0.440. The summed E-state index contributed by atoms with van der Waals surface area (Å²) in [5, 5.41) is 6.72. The fourth-order valence-corrected chi connectivity index (χ4v) is 2.00. The summed E-state index contributed by atoms with van der Waals surface area (Å²) in [4.78, 5) is 12.4. The van der Waals surface area contributed by atoms with Crippen molar-refractivity contribution in [3.8, 4) is 0 Å². The molecule has 2 N–H and O–H groups in total. The summed E-state index contributed by atoms with van der Waals surface area (Å²) in [6.07, 6.45) is 0.691. The monoisotopic (exact) mass is 306 g/mol. The maximum Gasteiger partial charge on any atom is 0.326 e. The van der Waals surface area contributed by atoms with E-state index in [0.29, 0.717) is 13.0 Å². The van der Waals surface area contributed by atoms with Gasteiger partial charge in [0.2, 0.25) is 0 Å². The number of ether oxygens (including phenoxy) is 1. The molecule has 0 radical (unpaired) electrons. The lowest BCUT2D eigenvalue weighted by Crippen LogP contribution is -2.52. The molecule has 0 amide bonds. The topological polar surface area (TPSA) is 50.4 Å². The maximum atomic E-state index is 12.4. The molecule has 4 nitrogen and oxygen atoms in total. The second-order valence-electron chi connectivity index (χ2n) is 6.85. The van der Waals surface area contributed by atoms with Crippen molar-refractivity contribution < 1.29 is 9.53 Å². The first-order valence-corrected chi connectivity index (χ1v) is 7.98. The molecular formula is C18H30N2O2. The van der Waals surface area contributed by atoms with Gasteiger partial charge in [0.25, 0.3) is 0 Å². The van der Waals surface area contributed by atoms with E-state index in [1.165, 1.54) is 0 Å². The number of esters is 1. The Morgan fingerprint density at radius 1 is 1.05 bits per heavy atom. The molecular weight excluding hydrogens is 276 g/mol. The molecule has 1 aromatic rings. The number of benzene rings is 1. The van der Waals surface area contributed by atoms with Crippen LogP contribution < -0.4 is 10.6 Å². The zero-order chi connectivity index (χ0) is 16.6. The molecule has 1 rings (SSSR count). The minimum absolute atomic E-state index is 0.0815. The molecule has 4 heteroatoms. The number of hydrogen-bond acceptors (Lipinski definition) is 4. The molecule has 0 saturated carbocycles. The van der Waals surface area contributed by atoms with E-state index in [2.05, 4.69) is 31.4 Å². The van der Waals surface area contributed by atoms with Crippen LogP contribution in [0, 0.1) is 0 Å². The Hall–Kier alpha value is -1.39. The molecule has 0 saturated heterocycles. The van der Waals surface area contributed by atoms with Gasteiger partial charge in [-0.2, -0.15) is 0 Å². The second kappa shape index (κ2) is 8.30. The van der Waals surface area contributed by atoms with Crippen LogP contribution in [0.25, 0.3) is 0 Å². The predicted molar refractivity (Wildman–Crippen MR) is 90.7 cm³/mol. The number of carbonyl (C=O) groups is 1. The van der Waals surface area contributed by atoms with Crippen molar-refractivity contribution in [2.45, 2.75) is 58.7 Å². The molecule has 1 unspecified atom stereocenters. The highest BCUT2D eigenvalue weighted by Crippen LogP contribution is 2.13. The van der Waals surface area contributed by atoms with Crippen LogP contribution in [0.3, 0.4) is 0 Å². The fraction of sp³-hybridized carbons (Fsp3) is 0.611. The summed E-state index contributed by atoms with van der Waals surface area (Å²) in [6, 6.07) is 9.75. The standard InChI is InChI=1S/C18H30N2O2/c1-6-18(5,20-13-12-19-17(2,3)4)16(21)22-14-15-10-8-7-9-11-15/h7-11,19-20H,6,12-14H2,1-5H3. The van der Waals surface area contributed by atoms with Crippen LogP contribution in [0.15, 0.2) is 30.3 Å². The molecule has 1 atom stereocenters. The molecule has 0 aliphatic carbocycles. The van der Waals surface area contributed by atoms with Crippen LogP contribution >= 0.6 is 0 Å². The van der Waals surface area contributed by atoms with E-state index in [-0.39, 0.29) is 11.5 Å². The number of carbonyl (C=O) groups excluding carboxylic acids is 1. The SMILES string of the molecule is CCC(C)(NCCNC(C)(C)C)C(=O)OCc1ccccc1. The van der Waals surface area contributed by atoms with E-state index in [1.807, 2.05) is 44.2 Å². The van der Waals surface area contributed by atoms with Crippen LogP contribution in [0.4, 0.5) is 0 Å². The first-order chi connectivity index (χ1) is 10.3. The summed E-state index contributed by atoms with van der Waals surface area (Å²) < 4.78 is 5.46. The van der Waals surface area contributed by atoms with Gasteiger partial charge in [0.15, 0.2) is 0 Å². The summed E-state index contributed by atoms with van der Waals surface area (Å²) in [6.45, 7) is 12.1. The molecule has 22 heavy (non-hydrogen) atoms. The highest BCUT2D eigenvalue weighted by Gasteiger charge is 2.32. The van der Waals surface area contributed by atoms with Crippen molar-refractivity contribution in [3.63, 3.8) is 0 Å². The first kappa shape index (κ1) is 18.7. The molecule has 0 fully saturated rings. The molecule has 124 valence electrons. The van der Waals surface area contributed by atoms with Crippen LogP contribution in [0.5, 0.6) is 0 Å². The minimum Gasteiger partial charge on any atom is -0.459 e. The average Bonchev–Trinajstić information content (AvgIpc) is 2.49. The third kappa shape index (κ3) is 6.58. The normalized spacial score (nSPS) is 14.4. The lowest BCUT2D eigenvalue weighted by molar-refractivity contribution is -0.152. The molecule has 1 aromatic carbocycles. The Bertz CT molecular complexity index is 454. The van der Waals surface area contributed by atoms with Gasteiger partial charge in [-0.3, -0.25) is 4.79 Å². The molecule has 0 aromatic heterocycles. The molecule has 0 aliphatic rings. The van der Waals surface area contributed by atoms with E-state index in [9.17, 15) is 4.79 Å². The Kier molecular flexibility index (Phi) is 7.04. The van der Waals surface area contributed by atoms with Gasteiger partial charge in [-0.1, -0.05) is 37.3 Å². The van der Waals surface area contributed by atoms with Gasteiger partial charge in [0.05, 0.1) is 0 Å². The number of hydrogen-bond donors (Lipinski definition) is 2. The van der Waals surface area contributed by atoms with E-state index in [1.54, 1.807) is 0 Å². The quantitative estimate of drug-likeness (QED) is 0.573. The van der Waals surface area contributed by atoms with Crippen LogP contribution in [-0.4, -0.2) is 30.1 Å². The average molecular weight is 306 g/mol. The van der Waals surface area contributed by atoms with Crippen LogP contribution in [-0.2, 0) is 16.1 Å². The lowest BCUT2D eigenvalue weighted by atomic mass is 9.99. The van der Waals surface area contributed by atoms with Crippen LogP contribution in [0.1, 0.15) is 46.6 Å². The van der Waals surface area contributed by atoms with Gasteiger partial charge in [-0.05, 0) is 39.7 Å². The Labute approximate surface area is 134 Å². The highest BCUT2D eigenvalue weighted by atomic mass is 16.5. The van der Waals surface area contributed by atoms with Crippen LogP contribution in [0.2, 0.25) is 0 Å². The summed E-state index contributed by atoms with van der Waals surface area (Å²) in [5.74, 6) is -0.199. The third-order valence-corrected chi connectivity index (χ3v) is 3.67. The molecule has 0 heterocycles. The number of rotatable bonds is 8.